The third kappa shape index (κ3) is 3.23. The normalized spacial score (nSPS) is 11.2. The quantitative estimate of drug-likeness (QED) is 0.621. The standard InChI is InChI=1S/C9H9BrO3S/c10-7-14(12,13)6-9(11)8-4-2-1-3-5-8/h1-5H,6-7H2. The van der Waals surface area contributed by atoms with E-state index in [1.807, 2.05) is 0 Å². The number of ketones is 1. The molecule has 1 rings (SSSR count). The Labute approximate surface area is 91.2 Å². The summed E-state index contributed by atoms with van der Waals surface area (Å²) >= 11 is 2.83. The largest absolute Gasteiger partial charge is 0.293 e. The second-order valence-electron chi connectivity index (χ2n) is 2.79. The minimum Gasteiger partial charge on any atom is -0.293 e. The molecule has 0 aliphatic rings. The Morgan fingerprint density at radius 3 is 2.29 bits per heavy atom. The van der Waals surface area contributed by atoms with Crippen molar-refractivity contribution in [1.82, 2.24) is 0 Å². The lowest BCUT2D eigenvalue weighted by molar-refractivity contribution is 0.102. The zero-order valence-electron chi connectivity index (χ0n) is 7.31. The molecule has 0 fully saturated rings. The van der Waals surface area contributed by atoms with Gasteiger partial charge in [-0.1, -0.05) is 46.3 Å². The van der Waals surface area contributed by atoms with Gasteiger partial charge in [-0.15, -0.1) is 0 Å². The number of carbonyl (C=O) groups excluding carboxylic acids is 1. The van der Waals surface area contributed by atoms with E-state index in [0.717, 1.165) is 0 Å². The molecule has 0 saturated carbocycles. The Balaban J connectivity index is 2.79. The van der Waals surface area contributed by atoms with E-state index < -0.39 is 15.6 Å². The maximum Gasteiger partial charge on any atom is 0.177 e. The Morgan fingerprint density at radius 1 is 1.21 bits per heavy atom. The zero-order chi connectivity index (χ0) is 10.6. The van der Waals surface area contributed by atoms with Crippen LogP contribution in [0.4, 0.5) is 0 Å². The van der Waals surface area contributed by atoms with E-state index >= 15 is 0 Å². The van der Waals surface area contributed by atoms with Gasteiger partial charge in [-0.2, -0.15) is 0 Å². The van der Waals surface area contributed by atoms with Gasteiger partial charge in [-0.25, -0.2) is 8.42 Å². The fourth-order valence-corrected chi connectivity index (χ4v) is 2.07. The van der Waals surface area contributed by atoms with Crippen molar-refractivity contribution < 1.29 is 13.2 Å². The van der Waals surface area contributed by atoms with Crippen LogP contribution in [0.5, 0.6) is 0 Å². The lowest BCUT2D eigenvalue weighted by Gasteiger charge is -1.99. The van der Waals surface area contributed by atoms with Crippen LogP contribution in [-0.2, 0) is 9.84 Å². The van der Waals surface area contributed by atoms with Crippen molar-refractivity contribution in [2.45, 2.75) is 0 Å². The van der Waals surface area contributed by atoms with Gasteiger partial charge in [-0.3, -0.25) is 4.79 Å². The number of sulfone groups is 1. The molecule has 0 spiro atoms. The van der Waals surface area contributed by atoms with E-state index in [1.54, 1.807) is 30.3 Å². The fraction of sp³-hybridized carbons (Fsp3) is 0.222. The van der Waals surface area contributed by atoms with Crippen LogP contribution >= 0.6 is 15.9 Å². The number of hydrogen-bond donors (Lipinski definition) is 0. The molecule has 0 heterocycles. The Bertz CT molecular complexity index is 411. The highest BCUT2D eigenvalue weighted by molar-refractivity contribution is 9.10. The first-order chi connectivity index (χ1) is 6.55. The molecule has 0 unspecified atom stereocenters. The van der Waals surface area contributed by atoms with Gasteiger partial charge in [0.2, 0.25) is 0 Å². The first-order valence-electron chi connectivity index (χ1n) is 3.90. The van der Waals surface area contributed by atoms with Gasteiger partial charge < -0.3 is 0 Å². The molecule has 0 saturated heterocycles. The van der Waals surface area contributed by atoms with E-state index in [4.69, 9.17) is 0 Å². The van der Waals surface area contributed by atoms with Gasteiger partial charge in [0.15, 0.2) is 15.6 Å². The molecule has 0 amide bonds. The average Bonchev–Trinajstić information content (AvgIpc) is 2.19. The van der Waals surface area contributed by atoms with Crippen LogP contribution in [0, 0.1) is 0 Å². The van der Waals surface area contributed by atoms with Crippen LogP contribution in [-0.4, -0.2) is 24.6 Å². The van der Waals surface area contributed by atoms with Gasteiger partial charge in [0.25, 0.3) is 0 Å². The van der Waals surface area contributed by atoms with Crippen LogP contribution in [0.15, 0.2) is 30.3 Å². The predicted octanol–water partition coefficient (Wildman–Crippen LogP) is 1.64. The molecule has 0 aliphatic heterocycles. The first kappa shape index (κ1) is 11.4. The Morgan fingerprint density at radius 2 is 1.79 bits per heavy atom. The maximum absolute atomic E-state index is 11.4. The van der Waals surface area contributed by atoms with Gasteiger partial charge in [0, 0.05) is 5.56 Å². The van der Waals surface area contributed by atoms with Crippen molar-refractivity contribution in [3.63, 3.8) is 0 Å². The molecule has 1 aromatic carbocycles. The van der Waals surface area contributed by atoms with Gasteiger partial charge in [0.05, 0.1) is 0 Å². The number of carbonyl (C=O) groups is 1. The summed E-state index contributed by atoms with van der Waals surface area (Å²) in [5.41, 5.74) is 0.428. The minimum absolute atomic E-state index is 0.182. The van der Waals surface area contributed by atoms with E-state index in [-0.39, 0.29) is 10.4 Å². The molecule has 76 valence electrons. The highest BCUT2D eigenvalue weighted by Gasteiger charge is 2.15. The maximum atomic E-state index is 11.4. The summed E-state index contributed by atoms with van der Waals surface area (Å²) in [6.45, 7) is 0. The third-order valence-electron chi connectivity index (χ3n) is 1.61. The minimum atomic E-state index is -3.30. The van der Waals surface area contributed by atoms with E-state index in [2.05, 4.69) is 15.9 Å². The monoisotopic (exact) mass is 276 g/mol. The van der Waals surface area contributed by atoms with Crippen molar-refractivity contribution in [3.8, 4) is 0 Å². The molecule has 0 bridgehead atoms. The lowest BCUT2D eigenvalue weighted by atomic mass is 10.2. The van der Waals surface area contributed by atoms with E-state index in [9.17, 15) is 13.2 Å². The molecular formula is C9H9BrO3S. The second kappa shape index (κ2) is 4.70. The average molecular weight is 277 g/mol. The van der Waals surface area contributed by atoms with Crippen LogP contribution in [0.25, 0.3) is 0 Å². The number of benzene rings is 1. The van der Waals surface area contributed by atoms with Gasteiger partial charge in [-0.05, 0) is 0 Å². The smallest absolute Gasteiger partial charge is 0.177 e. The summed E-state index contributed by atoms with van der Waals surface area (Å²) in [6, 6.07) is 8.38. The topological polar surface area (TPSA) is 51.2 Å². The summed E-state index contributed by atoms with van der Waals surface area (Å²) in [5, 5.41) is 0. The van der Waals surface area contributed by atoms with Crippen molar-refractivity contribution in [2.75, 3.05) is 10.4 Å². The summed E-state index contributed by atoms with van der Waals surface area (Å²) in [7, 11) is -3.30. The molecule has 0 atom stereocenters. The number of alkyl halides is 1. The molecule has 0 N–H and O–H groups in total. The summed E-state index contributed by atoms with van der Waals surface area (Å²) in [5.74, 6) is -0.813. The van der Waals surface area contributed by atoms with Crippen molar-refractivity contribution in [1.29, 1.82) is 0 Å². The molecular weight excluding hydrogens is 268 g/mol. The number of rotatable bonds is 4. The summed E-state index contributed by atoms with van der Waals surface area (Å²) in [4.78, 5) is 11.4. The van der Waals surface area contributed by atoms with Crippen molar-refractivity contribution >= 4 is 31.6 Å². The van der Waals surface area contributed by atoms with E-state index in [0.29, 0.717) is 5.56 Å². The molecule has 1 aromatic rings. The Kier molecular flexibility index (Phi) is 3.83. The molecule has 3 nitrogen and oxygen atoms in total. The van der Waals surface area contributed by atoms with Crippen molar-refractivity contribution in [2.24, 2.45) is 0 Å². The summed E-state index contributed by atoms with van der Waals surface area (Å²) < 4.78 is 22.0. The van der Waals surface area contributed by atoms with Crippen molar-refractivity contribution in [3.05, 3.63) is 35.9 Å². The highest BCUT2D eigenvalue weighted by Crippen LogP contribution is 2.04. The fourth-order valence-electron chi connectivity index (χ4n) is 0.946. The van der Waals surface area contributed by atoms with Crippen LogP contribution < -0.4 is 0 Å². The SMILES string of the molecule is O=C(CS(=O)(=O)CBr)c1ccccc1. The molecule has 0 radical (unpaired) electrons. The lowest BCUT2D eigenvalue weighted by Crippen LogP contribution is -2.16. The van der Waals surface area contributed by atoms with Crippen LogP contribution in [0.2, 0.25) is 0 Å². The van der Waals surface area contributed by atoms with Gasteiger partial charge >= 0.3 is 0 Å². The van der Waals surface area contributed by atoms with Crippen LogP contribution in [0.1, 0.15) is 10.4 Å². The zero-order valence-corrected chi connectivity index (χ0v) is 9.71. The number of Topliss-reactive ketones (excluding diaryl/α,β-unsaturated/α-hetero) is 1. The van der Waals surface area contributed by atoms with Gasteiger partial charge in [0.1, 0.15) is 10.4 Å². The molecule has 0 aromatic heterocycles. The third-order valence-corrected chi connectivity index (χ3v) is 4.74. The molecule has 14 heavy (non-hydrogen) atoms. The Hall–Kier alpha value is -0.680. The predicted molar refractivity (Wildman–Crippen MR) is 58.4 cm³/mol. The van der Waals surface area contributed by atoms with E-state index in [1.165, 1.54) is 0 Å². The van der Waals surface area contributed by atoms with Crippen LogP contribution in [0.3, 0.4) is 0 Å². The number of halogens is 1. The second-order valence-corrected chi connectivity index (χ2v) is 6.15. The highest BCUT2D eigenvalue weighted by atomic mass is 79.9. The molecule has 0 aliphatic carbocycles. The molecule has 5 heteroatoms. The number of hydrogen-bond acceptors (Lipinski definition) is 3. The summed E-state index contributed by atoms with van der Waals surface area (Å²) in [6.07, 6.45) is 0. The first-order valence-corrected chi connectivity index (χ1v) is 6.84.